The largest absolute Gasteiger partial charge is 0.457 e. The molecule has 0 bridgehead atoms. The molecule has 0 fully saturated rings. The molecule has 1 amide bonds. The maximum Gasteiger partial charge on any atom is 0.250 e. The number of hydrogen-bond acceptors (Lipinski definition) is 5. The van der Waals surface area contributed by atoms with Crippen LogP contribution in [0.2, 0.25) is 5.02 Å². The lowest BCUT2D eigenvalue weighted by atomic mass is 10.1. The monoisotopic (exact) mass is 541 g/mol. The van der Waals surface area contributed by atoms with Crippen molar-refractivity contribution in [1.82, 2.24) is 10.3 Å². The van der Waals surface area contributed by atoms with Gasteiger partial charge in [-0.15, -0.1) is 0 Å². The number of fused-ring (bicyclic) bond motifs is 1. The maximum atomic E-state index is 12.3. The van der Waals surface area contributed by atoms with Gasteiger partial charge >= 0.3 is 0 Å². The Morgan fingerprint density at radius 1 is 0.921 bits per heavy atom. The summed E-state index contributed by atoms with van der Waals surface area (Å²) in [5.74, 6) is 1.36. The van der Waals surface area contributed by atoms with Gasteiger partial charge in [-0.25, -0.2) is 4.98 Å². The number of carbonyl (C=O) groups is 1. The number of furan rings is 1. The number of oxazole rings is 1. The zero-order chi connectivity index (χ0) is 26.8. The van der Waals surface area contributed by atoms with Gasteiger partial charge in [0.25, 0.3) is 0 Å². The van der Waals surface area contributed by atoms with E-state index in [0.717, 1.165) is 44.6 Å². The van der Waals surface area contributed by atoms with Crippen molar-refractivity contribution < 1.29 is 13.6 Å². The van der Waals surface area contributed by atoms with Gasteiger partial charge in [-0.3, -0.25) is 10.1 Å². The smallest absolute Gasteiger partial charge is 0.250 e. The van der Waals surface area contributed by atoms with Crippen molar-refractivity contribution in [3.8, 4) is 22.8 Å². The molecule has 0 aliphatic heterocycles. The molecule has 190 valence electrons. The van der Waals surface area contributed by atoms with E-state index in [-0.39, 0.29) is 11.0 Å². The minimum atomic E-state index is -0.382. The highest BCUT2D eigenvalue weighted by Crippen LogP contribution is 2.29. The number of nitrogens with one attached hydrogen (secondary N) is 2. The predicted molar refractivity (Wildman–Crippen MR) is 156 cm³/mol. The molecule has 8 heteroatoms. The van der Waals surface area contributed by atoms with Crippen LogP contribution in [0.15, 0.2) is 81.6 Å². The Labute approximate surface area is 230 Å². The molecule has 6 nitrogen and oxygen atoms in total. The molecule has 0 aliphatic rings. The minimum Gasteiger partial charge on any atom is -0.457 e. The number of amides is 1. The second-order valence-corrected chi connectivity index (χ2v) is 9.78. The van der Waals surface area contributed by atoms with Crippen LogP contribution in [0.25, 0.3) is 40.0 Å². The summed E-state index contributed by atoms with van der Waals surface area (Å²) in [6.07, 6.45) is 2.94. The number of anilines is 1. The molecule has 0 radical (unpaired) electrons. The summed E-state index contributed by atoms with van der Waals surface area (Å²) in [6, 6.07) is 20.9. The molecule has 2 N–H and O–H groups in total. The van der Waals surface area contributed by atoms with E-state index in [1.54, 1.807) is 12.1 Å². The Morgan fingerprint density at radius 2 is 1.68 bits per heavy atom. The first-order chi connectivity index (χ1) is 18.2. The van der Waals surface area contributed by atoms with Crippen molar-refractivity contribution in [1.29, 1.82) is 0 Å². The first kappa shape index (κ1) is 25.4. The number of carbonyl (C=O) groups excluding carboxylic acids is 1. The molecule has 2 aromatic heterocycles. The van der Waals surface area contributed by atoms with Crippen LogP contribution in [-0.4, -0.2) is 16.0 Å². The van der Waals surface area contributed by atoms with Gasteiger partial charge in [-0.05, 0) is 104 Å². The van der Waals surface area contributed by atoms with E-state index in [2.05, 4.69) is 21.7 Å². The van der Waals surface area contributed by atoms with Crippen LogP contribution >= 0.6 is 23.8 Å². The third kappa shape index (κ3) is 5.69. The summed E-state index contributed by atoms with van der Waals surface area (Å²) < 4.78 is 11.8. The number of hydrogen-bond donors (Lipinski definition) is 2. The van der Waals surface area contributed by atoms with Crippen molar-refractivity contribution >= 4 is 57.7 Å². The van der Waals surface area contributed by atoms with Gasteiger partial charge in [0.05, 0.1) is 0 Å². The Morgan fingerprint density at radius 3 is 2.45 bits per heavy atom. The third-order valence-corrected chi connectivity index (χ3v) is 6.54. The number of thiocarbonyl (C=S) groups is 1. The lowest BCUT2D eigenvalue weighted by Crippen LogP contribution is -2.32. The number of rotatable bonds is 5. The standard InChI is InChI=1S/C30H24ClN3O3S/c1-17-14-19(3)28-25(15-17)33-29(37-28)20-6-8-22(9-7-20)32-30(38)34-27(35)13-11-23-10-12-26(36-23)21-5-4-18(2)24(31)16-21/h4-16H,1-3H3,(H2,32,34,35,38)/b13-11+. The fraction of sp³-hybridized carbons (Fsp3) is 0.100. The van der Waals surface area contributed by atoms with Gasteiger partial charge in [0.15, 0.2) is 10.7 Å². The average Bonchev–Trinajstić information content (AvgIpc) is 3.52. The first-order valence-electron chi connectivity index (χ1n) is 11.9. The lowest BCUT2D eigenvalue weighted by Gasteiger charge is -2.08. The van der Waals surface area contributed by atoms with Gasteiger partial charge in [-0.1, -0.05) is 29.8 Å². The van der Waals surface area contributed by atoms with E-state index in [9.17, 15) is 4.79 Å². The Kier molecular flexibility index (Phi) is 7.13. The van der Waals surface area contributed by atoms with Gasteiger partial charge in [0.1, 0.15) is 17.0 Å². The third-order valence-electron chi connectivity index (χ3n) is 5.93. The molecule has 0 aliphatic carbocycles. The molecule has 2 heterocycles. The number of nitrogens with zero attached hydrogens (tertiary/aromatic N) is 1. The summed E-state index contributed by atoms with van der Waals surface area (Å²) in [5, 5.41) is 6.48. The van der Waals surface area contributed by atoms with Crippen molar-refractivity contribution in [3.05, 3.63) is 100 Å². The fourth-order valence-corrected chi connectivity index (χ4v) is 4.41. The molecule has 0 saturated carbocycles. The van der Waals surface area contributed by atoms with Gasteiger partial charge in [0.2, 0.25) is 11.8 Å². The van der Waals surface area contributed by atoms with Crippen LogP contribution in [-0.2, 0) is 4.79 Å². The van der Waals surface area contributed by atoms with E-state index >= 15 is 0 Å². The van der Waals surface area contributed by atoms with E-state index < -0.39 is 0 Å². The van der Waals surface area contributed by atoms with Crippen molar-refractivity contribution in [2.45, 2.75) is 20.8 Å². The van der Waals surface area contributed by atoms with Crippen LogP contribution in [0.5, 0.6) is 0 Å². The van der Waals surface area contributed by atoms with E-state index in [1.165, 1.54) is 6.08 Å². The van der Waals surface area contributed by atoms with Crippen LogP contribution in [0.4, 0.5) is 5.69 Å². The summed E-state index contributed by atoms with van der Waals surface area (Å²) in [5.41, 5.74) is 7.23. The van der Waals surface area contributed by atoms with Crippen molar-refractivity contribution in [3.63, 3.8) is 0 Å². The normalized spacial score (nSPS) is 11.3. The van der Waals surface area contributed by atoms with Crippen molar-refractivity contribution in [2.24, 2.45) is 0 Å². The summed E-state index contributed by atoms with van der Waals surface area (Å²) in [4.78, 5) is 17.0. The van der Waals surface area contributed by atoms with E-state index in [4.69, 9.17) is 32.7 Å². The van der Waals surface area contributed by atoms with Gasteiger partial charge < -0.3 is 14.2 Å². The summed E-state index contributed by atoms with van der Waals surface area (Å²) in [7, 11) is 0. The molecule has 0 atom stereocenters. The highest BCUT2D eigenvalue weighted by atomic mass is 35.5. The van der Waals surface area contributed by atoms with Crippen LogP contribution < -0.4 is 10.6 Å². The first-order valence-corrected chi connectivity index (χ1v) is 12.7. The molecule has 5 aromatic rings. The average molecular weight is 542 g/mol. The highest BCUT2D eigenvalue weighted by molar-refractivity contribution is 7.80. The van der Waals surface area contributed by atoms with Crippen LogP contribution in [0.1, 0.15) is 22.5 Å². The number of aryl methyl sites for hydroxylation is 3. The van der Waals surface area contributed by atoms with E-state index in [1.807, 2.05) is 75.4 Å². The minimum absolute atomic E-state index is 0.176. The number of aromatic nitrogens is 1. The van der Waals surface area contributed by atoms with Crippen molar-refractivity contribution in [2.75, 3.05) is 5.32 Å². The van der Waals surface area contributed by atoms with Gasteiger partial charge in [0, 0.05) is 27.9 Å². The van der Waals surface area contributed by atoms with Gasteiger partial charge in [-0.2, -0.15) is 0 Å². The molecular weight excluding hydrogens is 518 g/mol. The summed E-state index contributed by atoms with van der Waals surface area (Å²) >= 11 is 11.5. The zero-order valence-electron chi connectivity index (χ0n) is 21.0. The molecule has 0 spiro atoms. The summed E-state index contributed by atoms with van der Waals surface area (Å²) in [6.45, 7) is 5.99. The maximum absolute atomic E-state index is 12.3. The highest BCUT2D eigenvalue weighted by Gasteiger charge is 2.11. The molecule has 0 unspecified atom stereocenters. The zero-order valence-corrected chi connectivity index (χ0v) is 22.5. The Balaban J connectivity index is 1.18. The fourth-order valence-electron chi connectivity index (χ4n) is 4.01. The number of benzene rings is 3. The molecule has 3 aromatic carbocycles. The topological polar surface area (TPSA) is 80.3 Å². The molecule has 5 rings (SSSR count). The van der Waals surface area contributed by atoms with E-state index in [0.29, 0.717) is 22.4 Å². The predicted octanol–water partition coefficient (Wildman–Crippen LogP) is 7.86. The number of halogens is 1. The molecule has 0 saturated heterocycles. The Bertz CT molecular complexity index is 1700. The van der Waals surface area contributed by atoms with Crippen LogP contribution in [0, 0.1) is 20.8 Å². The molecular formula is C30H24ClN3O3S. The second-order valence-electron chi connectivity index (χ2n) is 8.97. The SMILES string of the molecule is Cc1cc(C)c2oc(-c3ccc(NC(=S)NC(=O)/C=C/c4ccc(-c5ccc(C)c(Cl)c5)o4)cc3)nc2c1. The Hall–Kier alpha value is -4.20. The lowest BCUT2D eigenvalue weighted by molar-refractivity contribution is -0.115. The van der Waals surface area contributed by atoms with Crippen LogP contribution in [0.3, 0.4) is 0 Å². The molecule has 38 heavy (non-hydrogen) atoms. The quantitative estimate of drug-likeness (QED) is 0.174. The second kappa shape index (κ2) is 10.7.